The molecule has 15 heavy (non-hydrogen) atoms. The number of hydrogen-bond acceptors (Lipinski definition) is 3. The number of nitrogens with two attached hydrogens (primary N) is 1. The number of rotatable bonds is 3. The van der Waals surface area contributed by atoms with Crippen LogP contribution in [0.5, 0.6) is 0 Å². The Labute approximate surface area is 91.1 Å². The zero-order valence-electron chi connectivity index (χ0n) is 9.54. The fraction of sp³-hybridized carbons (Fsp3) is 0.417. The van der Waals surface area contributed by atoms with Crippen LogP contribution in [0.15, 0.2) is 12.1 Å². The minimum absolute atomic E-state index is 0.517. The second-order valence-electron chi connectivity index (χ2n) is 3.82. The van der Waals surface area contributed by atoms with E-state index < -0.39 is 0 Å². The highest BCUT2D eigenvalue weighted by atomic mass is 15.1. The van der Waals surface area contributed by atoms with Crippen LogP contribution in [-0.2, 0) is 0 Å². The van der Waals surface area contributed by atoms with Crippen molar-refractivity contribution in [3.63, 3.8) is 0 Å². The first-order chi connectivity index (χ1) is 7.06. The topological polar surface area (TPSA) is 53.0 Å². The molecule has 0 spiro atoms. The fourth-order valence-corrected chi connectivity index (χ4v) is 1.49. The van der Waals surface area contributed by atoms with Gasteiger partial charge in [0.05, 0.1) is 23.9 Å². The molecule has 0 bridgehead atoms. The minimum Gasteiger partial charge on any atom is -0.397 e. The number of nitriles is 1. The zero-order chi connectivity index (χ0) is 11.4. The predicted molar refractivity (Wildman–Crippen MR) is 63.8 cm³/mol. The Bertz CT molecular complexity index is 391. The molecule has 0 fully saturated rings. The van der Waals surface area contributed by atoms with Gasteiger partial charge in [-0.3, -0.25) is 0 Å². The average Bonchev–Trinajstić information content (AvgIpc) is 2.20. The van der Waals surface area contributed by atoms with Gasteiger partial charge in [0.1, 0.15) is 0 Å². The van der Waals surface area contributed by atoms with Crippen molar-refractivity contribution in [2.75, 3.05) is 24.2 Å². The van der Waals surface area contributed by atoms with E-state index in [4.69, 9.17) is 11.0 Å². The molecule has 1 rings (SSSR count). The van der Waals surface area contributed by atoms with Gasteiger partial charge in [0.15, 0.2) is 0 Å². The third-order valence-electron chi connectivity index (χ3n) is 2.61. The molecule has 0 unspecified atom stereocenters. The van der Waals surface area contributed by atoms with Gasteiger partial charge in [0, 0.05) is 13.6 Å². The molecule has 2 N–H and O–H groups in total. The quantitative estimate of drug-likeness (QED) is 0.766. The molecule has 0 aliphatic heterocycles. The first kappa shape index (κ1) is 11.4. The van der Waals surface area contributed by atoms with E-state index in [1.165, 1.54) is 11.1 Å². The standard InChI is InChI=1S/C12H17N3/c1-9-7-11(14)12(8-10(9)2)15(3)6-4-5-13/h7-8H,4,6,14H2,1-3H3. The lowest BCUT2D eigenvalue weighted by molar-refractivity contribution is 0.905. The van der Waals surface area contributed by atoms with Gasteiger partial charge in [-0.05, 0) is 37.1 Å². The second kappa shape index (κ2) is 4.70. The van der Waals surface area contributed by atoms with Crippen molar-refractivity contribution in [2.45, 2.75) is 20.3 Å². The maximum absolute atomic E-state index is 8.52. The molecule has 1 aromatic carbocycles. The Kier molecular flexibility index (Phi) is 3.56. The molecule has 0 amide bonds. The van der Waals surface area contributed by atoms with Crippen molar-refractivity contribution in [1.82, 2.24) is 0 Å². The summed E-state index contributed by atoms with van der Waals surface area (Å²) in [6, 6.07) is 6.18. The van der Waals surface area contributed by atoms with E-state index >= 15 is 0 Å². The Balaban J connectivity index is 2.94. The molecule has 0 saturated carbocycles. The summed E-state index contributed by atoms with van der Waals surface area (Å²) in [5.74, 6) is 0. The van der Waals surface area contributed by atoms with Crippen LogP contribution in [0.3, 0.4) is 0 Å². The van der Waals surface area contributed by atoms with Gasteiger partial charge < -0.3 is 10.6 Å². The van der Waals surface area contributed by atoms with Crippen molar-refractivity contribution in [1.29, 1.82) is 5.26 Å². The number of aryl methyl sites for hydroxylation is 2. The van der Waals surface area contributed by atoms with Gasteiger partial charge in [-0.2, -0.15) is 5.26 Å². The lowest BCUT2D eigenvalue weighted by Gasteiger charge is -2.21. The summed E-state index contributed by atoms with van der Waals surface area (Å²) in [7, 11) is 1.96. The van der Waals surface area contributed by atoms with Crippen molar-refractivity contribution in [3.8, 4) is 6.07 Å². The van der Waals surface area contributed by atoms with Crippen LogP contribution in [0.4, 0.5) is 11.4 Å². The summed E-state index contributed by atoms with van der Waals surface area (Å²) < 4.78 is 0. The molecular weight excluding hydrogens is 186 g/mol. The van der Waals surface area contributed by atoms with Crippen LogP contribution in [0.25, 0.3) is 0 Å². The number of anilines is 2. The van der Waals surface area contributed by atoms with Crippen LogP contribution in [-0.4, -0.2) is 13.6 Å². The molecule has 0 saturated heterocycles. The molecule has 3 nitrogen and oxygen atoms in total. The lowest BCUT2D eigenvalue weighted by Crippen LogP contribution is -2.19. The molecule has 0 atom stereocenters. The largest absolute Gasteiger partial charge is 0.397 e. The predicted octanol–water partition coefficient (Wildman–Crippen LogP) is 2.24. The van der Waals surface area contributed by atoms with Gasteiger partial charge in [0.2, 0.25) is 0 Å². The maximum atomic E-state index is 8.52. The molecule has 0 heterocycles. The third-order valence-corrected chi connectivity index (χ3v) is 2.61. The van der Waals surface area contributed by atoms with Crippen LogP contribution in [0, 0.1) is 25.2 Å². The highest BCUT2D eigenvalue weighted by Crippen LogP contribution is 2.25. The average molecular weight is 203 g/mol. The number of nitrogens with zero attached hydrogens (tertiary/aromatic N) is 2. The fourth-order valence-electron chi connectivity index (χ4n) is 1.49. The molecule has 0 aliphatic carbocycles. The minimum atomic E-state index is 0.517. The summed E-state index contributed by atoms with van der Waals surface area (Å²) in [6.07, 6.45) is 0.517. The van der Waals surface area contributed by atoms with Crippen LogP contribution < -0.4 is 10.6 Å². The second-order valence-corrected chi connectivity index (χ2v) is 3.82. The molecular formula is C12H17N3. The van der Waals surface area contributed by atoms with Gasteiger partial charge >= 0.3 is 0 Å². The van der Waals surface area contributed by atoms with Crippen LogP contribution in [0.1, 0.15) is 17.5 Å². The Morgan fingerprint density at radius 3 is 2.53 bits per heavy atom. The summed E-state index contributed by atoms with van der Waals surface area (Å²) in [5, 5.41) is 8.52. The van der Waals surface area contributed by atoms with E-state index in [1.807, 2.05) is 24.9 Å². The van der Waals surface area contributed by atoms with Crippen LogP contribution in [0.2, 0.25) is 0 Å². The van der Waals surface area contributed by atoms with E-state index in [-0.39, 0.29) is 0 Å². The van der Waals surface area contributed by atoms with Crippen molar-refractivity contribution < 1.29 is 0 Å². The molecule has 0 radical (unpaired) electrons. The van der Waals surface area contributed by atoms with Gasteiger partial charge in [-0.1, -0.05) is 0 Å². The van der Waals surface area contributed by atoms with Crippen LogP contribution >= 0.6 is 0 Å². The summed E-state index contributed by atoms with van der Waals surface area (Å²) in [6.45, 7) is 4.82. The molecule has 0 aliphatic rings. The molecule has 3 heteroatoms. The van der Waals surface area contributed by atoms with Crippen molar-refractivity contribution in [3.05, 3.63) is 23.3 Å². The van der Waals surface area contributed by atoms with Gasteiger partial charge in [-0.15, -0.1) is 0 Å². The number of hydrogen-bond donors (Lipinski definition) is 1. The Morgan fingerprint density at radius 2 is 1.93 bits per heavy atom. The van der Waals surface area contributed by atoms with E-state index in [2.05, 4.69) is 19.1 Å². The smallest absolute Gasteiger partial charge is 0.0640 e. The molecule has 80 valence electrons. The summed E-state index contributed by atoms with van der Waals surface area (Å²) >= 11 is 0. The summed E-state index contributed by atoms with van der Waals surface area (Å²) in [5.41, 5.74) is 10.1. The van der Waals surface area contributed by atoms with E-state index in [0.29, 0.717) is 13.0 Å². The SMILES string of the molecule is Cc1cc(N)c(N(C)CCC#N)cc1C. The zero-order valence-corrected chi connectivity index (χ0v) is 9.54. The first-order valence-corrected chi connectivity index (χ1v) is 5.01. The third kappa shape index (κ3) is 2.63. The Morgan fingerprint density at radius 1 is 1.33 bits per heavy atom. The molecule has 0 aromatic heterocycles. The van der Waals surface area contributed by atoms with Crippen molar-refractivity contribution >= 4 is 11.4 Å². The number of benzene rings is 1. The lowest BCUT2D eigenvalue weighted by atomic mass is 10.1. The van der Waals surface area contributed by atoms with E-state index in [1.54, 1.807) is 0 Å². The monoisotopic (exact) mass is 203 g/mol. The van der Waals surface area contributed by atoms with Gasteiger partial charge in [0.25, 0.3) is 0 Å². The normalized spacial score (nSPS) is 9.73. The first-order valence-electron chi connectivity index (χ1n) is 5.01. The van der Waals surface area contributed by atoms with Crippen molar-refractivity contribution in [2.24, 2.45) is 0 Å². The molecule has 1 aromatic rings. The number of nitrogen functional groups attached to an aromatic ring is 1. The van der Waals surface area contributed by atoms with E-state index in [0.717, 1.165) is 11.4 Å². The van der Waals surface area contributed by atoms with E-state index in [9.17, 15) is 0 Å². The highest BCUT2D eigenvalue weighted by Gasteiger charge is 2.06. The maximum Gasteiger partial charge on any atom is 0.0640 e. The highest BCUT2D eigenvalue weighted by molar-refractivity contribution is 5.69. The summed E-state index contributed by atoms with van der Waals surface area (Å²) in [4.78, 5) is 2.02. The Hall–Kier alpha value is -1.69. The van der Waals surface area contributed by atoms with Gasteiger partial charge in [-0.25, -0.2) is 0 Å².